The van der Waals surface area contributed by atoms with Crippen molar-refractivity contribution in [3.63, 3.8) is 0 Å². The zero-order valence-electron chi connectivity index (χ0n) is 18.8. The van der Waals surface area contributed by atoms with Gasteiger partial charge in [-0.05, 0) is 70.3 Å². The molecule has 1 aliphatic heterocycles. The molecular formula is C24H16F2N6O2S3. The first kappa shape index (κ1) is 24.9. The van der Waals surface area contributed by atoms with E-state index < -0.39 is 11.6 Å². The third-order valence-corrected chi connectivity index (χ3v) is 7.61. The van der Waals surface area contributed by atoms with Gasteiger partial charge in [0.2, 0.25) is 11.7 Å². The number of nitrogens with zero attached hydrogens (tertiary/aromatic N) is 4. The average molecular weight is 555 g/mol. The predicted octanol–water partition coefficient (Wildman–Crippen LogP) is 5.10. The molecule has 0 spiro atoms. The molecule has 0 saturated carbocycles. The second-order valence-corrected chi connectivity index (χ2v) is 10.4. The number of hydrogen-bond donors (Lipinski definition) is 2. The van der Waals surface area contributed by atoms with E-state index in [1.54, 1.807) is 41.8 Å². The normalized spacial score (nSPS) is 14.5. The quantitative estimate of drug-likeness (QED) is 0.242. The van der Waals surface area contributed by atoms with Crippen molar-refractivity contribution in [1.29, 1.82) is 0 Å². The van der Waals surface area contributed by atoms with Crippen molar-refractivity contribution in [3.8, 4) is 22.5 Å². The van der Waals surface area contributed by atoms with Crippen LogP contribution in [0, 0.1) is 11.6 Å². The summed E-state index contributed by atoms with van der Waals surface area (Å²) in [6.07, 6.45) is 1.77. The van der Waals surface area contributed by atoms with Crippen molar-refractivity contribution < 1.29 is 18.4 Å². The van der Waals surface area contributed by atoms with Gasteiger partial charge in [0.15, 0.2) is 11.6 Å². The molecule has 2 aromatic carbocycles. The summed E-state index contributed by atoms with van der Waals surface area (Å²) in [5.41, 5.74) is 2.60. The lowest BCUT2D eigenvalue weighted by Gasteiger charge is -2.14. The summed E-state index contributed by atoms with van der Waals surface area (Å²) in [5, 5.41) is 18.3. The second kappa shape index (κ2) is 10.7. The maximum atomic E-state index is 13.6. The van der Waals surface area contributed by atoms with Gasteiger partial charge in [0.05, 0.1) is 4.91 Å². The number of H-pyrrole nitrogens is 1. The molecule has 4 aromatic rings. The number of benzene rings is 2. The van der Waals surface area contributed by atoms with Crippen LogP contribution in [0.1, 0.15) is 11.3 Å². The van der Waals surface area contributed by atoms with E-state index >= 15 is 0 Å². The van der Waals surface area contributed by atoms with Crippen LogP contribution < -0.4 is 5.32 Å². The first-order chi connectivity index (χ1) is 17.9. The molecule has 2 aromatic heterocycles. The number of thiocarbonyl (C=S) groups is 1. The van der Waals surface area contributed by atoms with E-state index in [1.165, 1.54) is 22.3 Å². The molecule has 0 atom stereocenters. The molecule has 2 N–H and O–H groups in total. The molecule has 5 rings (SSSR count). The van der Waals surface area contributed by atoms with E-state index in [1.807, 2.05) is 0 Å². The van der Waals surface area contributed by atoms with Crippen LogP contribution in [0.5, 0.6) is 0 Å². The van der Waals surface area contributed by atoms with Gasteiger partial charge in [0.1, 0.15) is 4.32 Å². The Morgan fingerprint density at radius 3 is 2.59 bits per heavy atom. The summed E-state index contributed by atoms with van der Waals surface area (Å²) in [4.78, 5) is 28.0. The molecule has 37 heavy (non-hydrogen) atoms. The molecule has 1 aliphatic rings. The van der Waals surface area contributed by atoms with Crippen LogP contribution in [0.15, 0.2) is 58.8 Å². The fourth-order valence-electron chi connectivity index (χ4n) is 3.50. The number of aromatic amines is 1. The van der Waals surface area contributed by atoms with Crippen molar-refractivity contribution >= 4 is 63.2 Å². The SMILES string of the molecule is O=C(CCN1C(=O)C(=Cc2cc(-c3ccc(F)c(F)c3)cs2)SC1=S)Nc1ccc(-c2nn[nH]n2)cc1. The number of halogens is 2. The van der Waals surface area contributed by atoms with Crippen LogP contribution in [0.2, 0.25) is 0 Å². The van der Waals surface area contributed by atoms with E-state index in [-0.39, 0.29) is 24.8 Å². The Morgan fingerprint density at radius 1 is 1.08 bits per heavy atom. The number of amides is 2. The first-order valence-corrected chi connectivity index (χ1v) is 12.9. The highest BCUT2D eigenvalue weighted by atomic mass is 32.2. The van der Waals surface area contributed by atoms with Gasteiger partial charge in [0.25, 0.3) is 5.91 Å². The molecule has 1 fully saturated rings. The minimum absolute atomic E-state index is 0.0611. The van der Waals surface area contributed by atoms with Crippen molar-refractivity contribution in [1.82, 2.24) is 25.5 Å². The van der Waals surface area contributed by atoms with Gasteiger partial charge < -0.3 is 5.32 Å². The standard InChI is InChI=1S/C24H16F2N6O2S3/c25-18-6-3-14(10-19(18)26)15-9-17(36-12-15)11-20-23(34)32(24(35)37-20)8-7-21(33)27-16-4-1-13(2-5-16)22-28-30-31-29-22/h1-6,9-12H,7-8H2,(H,27,33)(H,28,29,30,31). The predicted molar refractivity (Wildman–Crippen MR) is 142 cm³/mol. The maximum absolute atomic E-state index is 13.6. The number of thiophene rings is 1. The number of hydrogen-bond acceptors (Lipinski definition) is 8. The minimum Gasteiger partial charge on any atom is -0.326 e. The summed E-state index contributed by atoms with van der Waals surface area (Å²) >= 11 is 7.88. The largest absolute Gasteiger partial charge is 0.326 e. The minimum atomic E-state index is -0.920. The van der Waals surface area contributed by atoms with Gasteiger partial charge in [-0.3, -0.25) is 14.5 Å². The molecule has 0 radical (unpaired) electrons. The summed E-state index contributed by atoms with van der Waals surface area (Å²) in [6.45, 7) is 0.138. The van der Waals surface area contributed by atoms with E-state index in [4.69, 9.17) is 12.2 Å². The Hall–Kier alpha value is -3.81. The molecule has 0 unspecified atom stereocenters. The average Bonchev–Trinajstić information content (AvgIpc) is 3.63. The van der Waals surface area contributed by atoms with Gasteiger partial charge >= 0.3 is 0 Å². The van der Waals surface area contributed by atoms with Crippen molar-refractivity contribution in [3.05, 3.63) is 75.3 Å². The zero-order valence-corrected chi connectivity index (χ0v) is 21.2. The molecule has 1 saturated heterocycles. The highest BCUT2D eigenvalue weighted by Crippen LogP contribution is 2.35. The number of aromatic nitrogens is 4. The lowest BCUT2D eigenvalue weighted by Crippen LogP contribution is -2.31. The third kappa shape index (κ3) is 5.63. The third-order valence-electron chi connectivity index (χ3n) is 5.35. The lowest BCUT2D eigenvalue weighted by atomic mass is 10.1. The number of thioether (sulfide) groups is 1. The maximum Gasteiger partial charge on any atom is 0.266 e. The lowest BCUT2D eigenvalue weighted by molar-refractivity contribution is -0.122. The molecule has 13 heteroatoms. The Balaban J connectivity index is 1.18. The fourth-order valence-corrected chi connectivity index (χ4v) is 5.72. The van der Waals surface area contributed by atoms with Crippen LogP contribution in [0.4, 0.5) is 14.5 Å². The van der Waals surface area contributed by atoms with Crippen LogP contribution >= 0.6 is 35.3 Å². The number of carbonyl (C=O) groups excluding carboxylic acids is 2. The van der Waals surface area contributed by atoms with Crippen LogP contribution in [0.25, 0.3) is 28.6 Å². The summed E-state index contributed by atoms with van der Waals surface area (Å²) in [6, 6.07) is 12.5. The number of tetrazole rings is 1. The number of carbonyl (C=O) groups is 2. The van der Waals surface area contributed by atoms with Gasteiger partial charge in [-0.15, -0.1) is 21.5 Å². The van der Waals surface area contributed by atoms with Gasteiger partial charge in [-0.25, -0.2) is 8.78 Å². The Morgan fingerprint density at radius 2 is 1.86 bits per heavy atom. The number of nitrogens with one attached hydrogen (secondary N) is 2. The van der Waals surface area contributed by atoms with Crippen molar-refractivity contribution in [2.75, 3.05) is 11.9 Å². The van der Waals surface area contributed by atoms with E-state index in [0.717, 1.165) is 34.3 Å². The molecule has 3 heterocycles. The van der Waals surface area contributed by atoms with Gasteiger partial charge in [0, 0.05) is 29.1 Å². The Labute approximate surface area is 222 Å². The van der Waals surface area contributed by atoms with Crippen LogP contribution in [-0.4, -0.2) is 48.2 Å². The van der Waals surface area contributed by atoms with Crippen molar-refractivity contribution in [2.24, 2.45) is 0 Å². The van der Waals surface area contributed by atoms with Crippen LogP contribution in [0.3, 0.4) is 0 Å². The van der Waals surface area contributed by atoms with E-state index in [2.05, 4.69) is 25.9 Å². The number of rotatable bonds is 7. The summed E-state index contributed by atoms with van der Waals surface area (Å²) < 4.78 is 27.2. The molecule has 186 valence electrons. The molecule has 8 nitrogen and oxygen atoms in total. The Kier molecular flexibility index (Phi) is 7.17. The first-order valence-electron chi connectivity index (χ1n) is 10.8. The number of anilines is 1. The molecule has 2 amide bonds. The van der Waals surface area contributed by atoms with Gasteiger partial charge in [-0.1, -0.05) is 30.0 Å². The van der Waals surface area contributed by atoms with E-state index in [9.17, 15) is 18.4 Å². The Bertz CT molecular complexity index is 1520. The van der Waals surface area contributed by atoms with E-state index in [0.29, 0.717) is 31.9 Å². The monoisotopic (exact) mass is 554 g/mol. The molecular weight excluding hydrogens is 539 g/mol. The highest BCUT2D eigenvalue weighted by molar-refractivity contribution is 8.26. The zero-order chi connectivity index (χ0) is 25.9. The second-order valence-electron chi connectivity index (χ2n) is 7.81. The fraction of sp³-hybridized carbons (Fsp3) is 0.0833. The summed E-state index contributed by atoms with van der Waals surface area (Å²) in [5.74, 6) is -1.93. The molecule has 0 aliphatic carbocycles. The van der Waals surface area contributed by atoms with Crippen LogP contribution in [-0.2, 0) is 9.59 Å². The van der Waals surface area contributed by atoms with Crippen molar-refractivity contribution in [2.45, 2.75) is 6.42 Å². The summed E-state index contributed by atoms with van der Waals surface area (Å²) in [7, 11) is 0. The van der Waals surface area contributed by atoms with Gasteiger partial charge in [-0.2, -0.15) is 5.21 Å². The highest BCUT2D eigenvalue weighted by Gasteiger charge is 2.32. The topological polar surface area (TPSA) is 104 Å². The smallest absolute Gasteiger partial charge is 0.266 e. The molecule has 0 bridgehead atoms.